The topological polar surface area (TPSA) is 92.3 Å². The minimum absolute atomic E-state index is 0.0222. The maximum Gasteiger partial charge on any atom is 0.213 e. The van der Waals surface area contributed by atoms with Crippen molar-refractivity contribution in [3.63, 3.8) is 0 Å². The molecule has 8 nitrogen and oxygen atoms in total. The highest BCUT2D eigenvalue weighted by molar-refractivity contribution is 7.89. The van der Waals surface area contributed by atoms with E-state index in [9.17, 15) is 8.42 Å². The Hall–Kier alpha value is -1.55. The van der Waals surface area contributed by atoms with Crippen LogP contribution in [0.2, 0.25) is 5.02 Å². The maximum absolute atomic E-state index is 12.2. The van der Waals surface area contributed by atoms with Crippen molar-refractivity contribution in [2.75, 3.05) is 52.7 Å². The first kappa shape index (κ1) is 23.7. The van der Waals surface area contributed by atoms with Gasteiger partial charge < -0.3 is 19.7 Å². The van der Waals surface area contributed by atoms with Crippen LogP contribution >= 0.6 is 11.6 Å². The van der Waals surface area contributed by atoms with E-state index < -0.39 is 10.0 Å². The van der Waals surface area contributed by atoms with Gasteiger partial charge in [0.2, 0.25) is 10.0 Å². The van der Waals surface area contributed by atoms with Crippen LogP contribution in [0.5, 0.6) is 5.75 Å². The van der Waals surface area contributed by atoms with Gasteiger partial charge in [0.15, 0.2) is 5.96 Å². The Bertz CT molecular complexity index is 737. The van der Waals surface area contributed by atoms with Crippen LogP contribution in [0.25, 0.3) is 0 Å². The van der Waals surface area contributed by atoms with Gasteiger partial charge in [-0.1, -0.05) is 11.6 Å². The molecule has 0 amide bonds. The molecule has 1 heterocycles. The molecule has 0 saturated carbocycles. The number of nitrogens with one attached hydrogen (secondary N) is 2. The first-order valence-electron chi connectivity index (χ1n) is 9.79. The smallest absolute Gasteiger partial charge is 0.213 e. The zero-order valence-corrected chi connectivity index (χ0v) is 18.6. The molecule has 2 N–H and O–H groups in total. The van der Waals surface area contributed by atoms with Crippen LogP contribution in [-0.4, -0.2) is 78.1 Å². The Morgan fingerprint density at radius 2 is 2.10 bits per heavy atom. The fourth-order valence-corrected chi connectivity index (χ4v) is 3.96. The lowest BCUT2D eigenvalue weighted by atomic mass is 10.1. The van der Waals surface area contributed by atoms with Crippen molar-refractivity contribution < 1.29 is 17.9 Å². The molecule has 1 aliphatic heterocycles. The third-order valence-electron chi connectivity index (χ3n) is 4.54. The highest BCUT2D eigenvalue weighted by Gasteiger charge is 2.18. The number of guanidine groups is 1. The summed E-state index contributed by atoms with van der Waals surface area (Å²) in [7, 11) is 0.159. The zero-order valence-electron chi connectivity index (χ0n) is 17.1. The van der Waals surface area contributed by atoms with Crippen LogP contribution in [0.3, 0.4) is 0 Å². The van der Waals surface area contributed by atoms with Crippen molar-refractivity contribution in [2.45, 2.75) is 25.4 Å². The Balaban J connectivity index is 1.66. The van der Waals surface area contributed by atoms with Gasteiger partial charge in [0.1, 0.15) is 12.4 Å². The molecule has 1 aromatic carbocycles. The van der Waals surface area contributed by atoms with Gasteiger partial charge in [0.25, 0.3) is 0 Å². The molecule has 1 aliphatic rings. The van der Waals surface area contributed by atoms with E-state index in [0.29, 0.717) is 37.3 Å². The lowest BCUT2D eigenvalue weighted by Crippen LogP contribution is -2.44. The molecule has 164 valence electrons. The van der Waals surface area contributed by atoms with Crippen molar-refractivity contribution in [3.8, 4) is 5.75 Å². The summed E-state index contributed by atoms with van der Waals surface area (Å²) in [5.74, 6) is 1.31. The molecule has 1 fully saturated rings. The number of likely N-dealkylation sites (N-methyl/N-ethyl adjacent to an activating group) is 1. The number of nitrogens with zero attached hydrogens (tertiary/aromatic N) is 2. The Labute approximate surface area is 178 Å². The molecule has 0 radical (unpaired) electrons. The quantitative estimate of drug-likeness (QED) is 0.420. The van der Waals surface area contributed by atoms with E-state index in [1.54, 1.807) is 19.2 Å². The molecule has 1 saturated heterocycles. The molecule has 0 bridgehead atoms. The van der Waals surface area contributed by atoms with E-state index in [0.717, 1.165) is 25.0 Å². The molecule has 1 atom stereocenters. The Morgan fingerprint density at radius 3 is 2.76 bits per heavy atom. The number of ether oxygens (including phenoxy) is 2. The van der Waals surface area contributed by atoms with Crippen LogP contribution in [0, 0.1) is 0 Å². The van der Waals surface area contributed by atoms with Crippen molar-refractivity contribution >= 4 is 27.6 Å². The van der Waals surface area contributed by atoms with Crippen LogP contribution in [0.15, 0.2) is 29.3 Å². The van der Waals surface area contributed by atoms with Crippen LogP contribution in [0.1, 0.15) is 19.3 Å². The van der Waals surface area contributed by atoms with Crippen LogP contribution < -0.4 is 14.8 Å². The number of hydrogen-bond acceptors (Lipinski definition) is 5. The van der Waals surface area contributed by atoms with E-state index >= 15 is 0 Å². The molecule has 10 heteroatoms. The van der Waals surface area contributed by atoms with E-state index in [1.807, 2.05) is 24.1 Å². The largest absolute Gasteiger partial charge is 0.492 e. The average molecular weight is 447 g/mol. The fraction of sp³-hybridized carbons (Fsp3) is 0.632. The van der Waals surface area contributed by atoms with Gasteiger partial charge in [0, 0.05) is 38.8 Å². The third-order valence-corrected chi connectivity index (χ3v) is 6.14. The van der Waals surface area contributed by atoms with Gasteiger partial charge in [0.05, 0.1) is 18.4 Å². The second-order valence-corrected chi connectivity index (χ2v) is 9.22. The predicted molar refractivity (Wildman–Crippen MR) is 116 cm³/mol. The second kappa shape index (κ2) is 12.2. The number of hydrogen-bond donors (Lipinski definition) is 2. The third kappa shape index (κ3) is 9.20. The van der Waals surface area contributed by atoms with Crippen molar-refractivity contribution in [2.24, 2.45) is 4.99 Å². The molecular formula is C19H31ClN4O4S. The fourth-order valence-electron chi connectivity index (χ4n) is 2.88. The Morgan fingerprint density at radius 1 is 1.34 bits per heavy atom. The summed E-state index contributed by atoms with van der Waals surface area (Å²) >= 11 is 5.85. The molecule has 0 aromatic heterocycles. The van der Waals surface area contributed by atoms with Gasteiger partial charge in [-0.05, 0) is 43.5 Å². The van der Waals surface area contributed by atoms with E-state index in [4.69, 9.17) is 21.1 Å². The number of aliphatic imine (C=N–C) groups is 1. The predicted octanol–water partition coefficient (Wildman–Crippen LogP) is 1.71. The molecule has 1 aromatic rings. The van der Waals surface area contributed by atoms with E-state index in [2.05, 4.69) is 15.0 Å². The van der Waals surface area contributed by atoms with Gasteiger partial charge in [-0.2, -0.15) is 0 Å². The minimum Gasteiger partial charge on any atom is -0.492 e. The lowest BCUT2D eigenvalue weighted by Gasteiger charge is -2.23. The van der Waals surface area contributed by atoms with E-state index in [-0.39, 0.29) is 18.4 Å². The first-order chi connectivity index (χ1) is 13.9. The molecule has 0 aliphatic carbocycles. The SMILES string of the molecule is CN=C(NCCS(=O)(=O)NCC1CCCCO1)N(C)CCOc1ccc(Cl)cc1. The first-order valence-corrected chi connectivity index (χ1v) is 11.8. The number of halogens is 1. The van der Waals surface area contributed by atoms with Gasteiger partial charge >= 0.3 is 0 Å². The van der Waals surface area contributed by atoms with Crippen molar-refractivity contribution in [3.05, 3.63) is 29.3 Å². The van der Waals surface area contributed by atoms with Gasteiger partial charge in [-0.15, -0.1) is 0 Å². The summed E-state index contributed by atoms with van der Waals surface area (Å²) < 4.78 is 38.2. The molecular weight excluding hydrogens is 416 g/mol. The highest BCUT2D eigenvalue weighted by atomic mass is 35.5. The van der Waals surface area contributed by atoms with Crippen LogP contribution in [-0.2, 0) is 14.8 Å². The summed E-state index contributed by atoms with van der Waals surface area (Å²) in [6.45, 7) is 2.35. The second-order valence-electron chi connectivity index (χ2n) is 6.85. The van der Waals surface area contributed by atoms with Crippen molar-refractivity contribution in [1.29, 1.82) is 0 Å². The molecule has 0 spiro atoms. The normalized spacial score (nSPS) is 17.8. The molecule has 29 heavy (non-hydrogen) atoms. The van der Waals surface area contributed by atoms with Gasteiger partial charge in [-0.25, -0.2) is 13.1 Å². The summed E-state index contributed by atoms with van der Waals surface area (Å²) in [6, 6.07) is 7.17. The lowest BCUT2D eigenvalue weighted by molar-refractivity contribution is 0.0200. The maximum atomic E-state index is 12.2. The highest BCUT2D eigenvalue weighted by Crippen LogP contribution is 2.15. The van der Waals surface area contributed by atoms with E-state index in [1.165, 1.54) is 0 Å². The van der Waals surface area contributed by atoms with Crippen molar-refractivity contribution in [1.82, 2.24) is 14.9 Å². The standard InChI is InChI=1S/C19H31ClN4O4S/c1-21-19(24(2)11-13-28-17-8-6-16(20)7-9-17)22-10-14-29(25,26)23-15-18-5-3-4-12-27-18/h6-9,18,23H,3-5,10-15H2,1-2H3,(H,21,22). The number of sulfonamides is 1. The average Bonchev–Trinajstić information content (AvgIpc) is 2.72. The molecule has 2 rings (SSSR count). The monoisotopic (exact) mass is 446 g/mol. The van der Waals surface area contributed by atoms with Crippen LogP contribution in [0.4, 0.5) is 0 Å². The molecule has 1 unspecified atom stereocenters. The number of benzene rings is 1. The Kier molecular flexibility index (Phi) is 9.99. The zero-order chi connectivity index (χ0) is 21.1. The summed E-state index contributed by atoms with van der Waals surface area (Å²) in [4.78, 5) is 6.07. The summed E-state index contributed by atoms with van der Waals surface area (Å²) in [5, 5.41) is 3.73. The van der Waals surface area contributed by atoms with Gasteiger partial charge in [-0.3, -0.25) is 4.99 Å². The summed E-state index contributed by atoms with van der Waals surface area (Å²) in [5.41, 5.74) is 0. The number of rotatable bonds is 10. The minimum atomic E-state index is -3.37. The summed E-state index contributed by atoms with van der Waals surface area (Å²) in [6.07, 6.45) is 3.00.